The molecule has 6 heteroatoms. The molecule has 0 bridgehead atoms. The Morgan fingerprint density at radius 1 is 0.964 bits per heavy atom. The van der Waals surface area contributed by atoms with Crippen molar-refractivity contribution in [3.63, 3.8) is 0 Å². The highest BCUT2D eigenvalue weighted by Gasteiger charge is 2.19. The van der Waals surface area contributed by atoms with Gasteiger partial charge in [0.1, 0.15) is 5.82 Å². The van der Waals surface area contributed by atoms with Crippen molar-refractivity contribution in [1.82, 2.24) is 19.7 Å². The van der Waals surface area contributed by atoms with Crippen LogP contribution in [0.1, 0.15) is 30.4 Å². The van der Waals surface area contributed by atoms with Crippen LogP contribution in [-0.4, -0.2) is 32.4 Å². The van der Waals surface area contributed by atoms with Crippen LogP contribution in [0.25, 0.3) is 16.7 Å². The summed E-state index contributed by atoms with van der Waals surface area (Å²) in [4.78, 5) is 9.40. The molecule has 0 N–H and O–H groups in total. The molecule has 5 rings (SSSR count). The van der Waals surface area contributed by atoms with Gasteiger partial charge in [0.15, 0.2) is 5.82 Å². The van der Waals surface area contributed by atoms with E-state index in [4.69, 9.17) is 14.2 Å². The van der Waals surface area contributed by atoms with Crippen LogP contribution >= 0.6 is 0 Å². The average molecular weight is 374 g/mol. The first-order valence-electron chi connectivity index (χ1n) is 9.82. The Hall–Kier alpha value is -2.99. The monoisotopic (exact) mass is 374 g/mol. The van der Waals surface area contributed by atoms with Gasteiger partial charge in [0.2, 0.25) is 5.89 Å². The van der Waals surface area contributed by atoms with E-state index in [0.717, 1.165) is 60.7 Å². The Morgan fingerprint density at radius 3 is 2.68 bits per heavy atom. The van der Waals surface area contributed by atoms with Gasteiger partial charge in [0.05, 0.1) is 17.1 Å². The van der Waals surface area contributed by atoms with Gasteiger partial charge in [-0.25, -0.2) is 4.98 Å². The predicted octanol–water partition coefficient (Wildman–Crippen LogP) is 3.92. The third kappa shape index (κ3) is 3.43. The lowest BCUT2D eigenvalue weighted by Gasteiger charge is -2.08. The zero-order chi connectivity index (χ0) is 18.8. The maximum absolute atomic E-state index is 5.66. The summed E-state index contributed by atoms with van der Waals surface area (Å²) >= 11 is 0. The van der Waals surface area contributed by atoms with E-state index in [1.165, 1.54) is 0 Å². The molecule has 0 aliphatic carbocycles. The molecule has 3 heterocycles. The molecule has 4 aromatic rings. The number of fused-ring (bicyclic) bond motifs is 1. The van der Waals surface area contributed by atoms with Gasteiger partial charge in [-0.05, 0) is 37.1 Å². The number of hydrogen-bond acceptors (Lipinski definition) is 5. The molecule has 2 aromatic heterocycles. The van der Waals surface area contributed by atoms with E-state index in [1.807, 2.05) is 36.4 Å². The Kier molecular flexibility index (Phi) is 4.62. The maximum Gasteiger partial charge on any atom is 0.227 e. The summed E-state index contributed by atoms with van der Waals surface area (Å²) in [7, 11) is 0. The third-order valence-electron chi connectivity index (χ3n) is 5.15. The summed E-state index contributed by atoms with van der Waals surface area (Å²) < 4.78 is 13.3. The molecule has 0 radical (unpaired) electrons. The molecule has 1 aliphatic heterocycles. The van der Waals surface area contributed by atoms with E-state index in [2.05, 4.69) is 32.9 Å². The topological polar surface area (TPSA) is 66.0 Å². The number of nitrogens with zero attached hydrogens (tertiary/aromatic N) is 4. The zero-order valence-corrected chi connectivity index (χ0v) is 15.6. The second-order valence-corrected chi connectivity index (χ2v) is 7.13. The minimum Gasteiger partial charge on any atom is -0.378 e. The van der Waals surface area contributed by atoms with Crippen LogP contribution in [-0.2, 0) is 24.0 Å². The van der Waals surface area contributed by atoms with E-state index in [-0.39, 0.29) is 6.10 Å². The molecule has 0 spiro atoms. The van der Waals surface area contributed by atoms with Crippen LogP contribution in [0.2, 0.25) is 0 Å². The molecule has 0 saturated carbocycles. The molecular weight excluding hydrogens is 352 g/mol. The van der Waals surface area contributed by atoms with Crippen molar-refractivity contribution < 1.29 is 9.26 Å². The number of aromatic nitrogens is 4. The summed E-state index contributed by atoms with van der Waals surface area (Å²) in [6.45, 7) is 0.838. The molecule has 0 unspecified atom stereocenters. The lowest BCUT2D eigenvalue weighted by atomic mass is 10.2. The Labute approximate surface area is 163 Å². The van der Waals surface area contributed by atoms with Crippen LogP contribution in [0.5, 0.6) is 0 Å². The van der Waals surface area contributed by atoms with Crippen LogP contribution < -0.4 is 0 Å². The van der Waals surface area contributed by atoms with Crippen molar-refractivity contribution in [3.8, 4) is 5.69 Å². The van der Waals surface area contributed by atoms with Crippen LogP contribution in [0, 0.1) is 0 Å². The van der Waals surface area contributed by atoms with Gasteiger partial charge in [-0.2, -0.15) is 4.98 Å². The third-order valence-corrected chi connectivity index (χ3v) is 5.15. The number of para-hydroxylation sites is 3. The first-order valence-corrected chi connectivity index (χ1v) is 9.82. The van der Waals surface area contributed by atoms with Crippen LogP contribution in [0.3, 0.4) is 0 Å². The molecule has 1 atom stereocenters. The fourth-order valence-corrected chi connectivity index (χ4v) is 3.81. The number of hydrogen-bond donors (Lipinski definition) is 0. The van der Waals surface area contributed by atoms with Crippen molar-refractivity contribution in [2.45, 2.75) is 38.2 Å². The fraction of sp³-hybridized carbons (Fsp3) is 0.318. The van der Waals surface area contributed by atoms with Crippen molar-refractivity contribution in [3.05, 3.63) is 72.1 Å². The standard InChI is InChI=1S/C22H22N4O2/c1-2-7-16(8-3-1)26-19-11-5-4-10-18(19)23-21(26)12-13-22-24-20(25-28-22)15-17-9-6-14-27-17/h1-5,7-8,10-11,17H,6,9,12-15H2/t17-/m1/s1. The highest BCUT2D eigenvalue weighted by molar-refractivity contribution is 5.78. The molecule has 28 heavy (non-hydrogen) atoms. The molecule has 1 fully saturated rings. The first-order chi connectivity index (χ1) is 13.9. The summed E-state index contributed by atoms with van der Waals surface area (Å²) in [6.07, 6.45) is 4.54. The summed E-state index contributed by atoms with van der Waals surface area (Å²) in [6, 6.07) is 18.5. The van der Waals surface area contributed by atoms with E-state index in [9.17, 15) is 0 Å². The molecule has 1 aliphatic rings. The van der Waals surface area contributed by atoms with Gasteiger partial charge in [-0.15, -0.1) is 0 Å². The zero-order valence-electron chi connectivity index (χ0n) is 15.6. The fourth-order valence-electron chi connectivity index (χ4n) is 3.81. The average Bonchev–Trinajstić information content (AvgIpc) is 3.47. The number of benzene rings is 2. The number of ether oxygens (including phenoxy) is 1. The molecule has 0 amide bonds. The Morgan fingerprint density at radius 2 is 1.82 bits per heavy atom. The highest BCUT2D eigenvalue weighted by atomic mass is 16.5. The van der Waals surface area contributed by atoms with Crippen LogP contribution in [0.15, 0.2) is 59.1 Å². The van der Waals surface area contributed by atoms with Gasteiger partial charge in [-0.3, -0.25) is 4.57 Å². The van der Waals surface area contributed by atoms with Gasteiger partial charge in [0.25, 0.3) is 0 Å². The lowest BCUT2D eigenvalue weighted by molar-refractivity contribution is 0.109. The number of imidazole rings is 1. The minimum atomic E-state index is 0.229. The molecule has 142 valence electrons. The summed E-state index contributed by atoms with van der Waals surface area (Å²) in [5.41, 5.74) is 3.20. The van der Waals surface area contributed by atoms with E-state index < -0.39 is 0 Å². The maximum atomic E-state index is 5.66. The van der Waals surface area contributed by atoms with Crippen molar-refractivity contribution >= 4 is 11.0 Å². The lowest BCUT2D eigenvalue weighted by Crippen LogP contribution is -2.10. The molecular formula is C22H22N4O2. The van der Waals surface area contributed by atoms with E-state index in [0.29, 0.717) is 12.3 Å². The van der Waals surface area contributed by atoms with Crippen molar-refractivity contribution in [2.24, 2.45) is 0 Å². The van der Waals surface area contributed by atoms with Crippen molar-refractivity contribution in [2.75, 3.05) is 6.61 Å². The van der Waals surface area contributed by atoms with E-state index >= 15 is 0 Å². The highest BCUT2D eigenvalue weighted by Crippen LogP contribution is 2.22. The van der Waals surface area contributed by atoms with Gasteiger partial charge in [0, 0.05) is 31.6 Å². The minimum absolute atomic E-state index is 0.229. The molecule has 2 aromatic carbocycles. The summed E-state index contributed by atoms with van der Waals surface area (Å²) in [5, 5.41) is 4.12. The molecule has 1 saturated heterocycles. The SMILES string of the molecule is c1ccc(-n2c(CCc3nc(C[C@H]4CCCO4)no3)nc3ccccc32)cc1. The quantitative estimate of drug-likeness (QED) is 0.512. The van der Waals surface area contributed by atoms with Gasteiger partial charge >= 0.3 is 0 Å². The smallest absolute Gasteiger partial charge is 0.227 e. The van der Waals surface area contributed by atoms with Crippen molar-refractivity contribution in [1.29, 1.82) is 0 Å². The second-order valence-electron chi connectivity index (χ2n) is 7.13. The Balaban J connectivity index is 1.37. The van der Waals surface area contributed by atoms with Crippen LogP contribution in [0.4, 0.5) is 0 Å². The normalized spacial score (nSPS) is 16.8. The first kappa shape index (κ1) is 17.1. The Bertz CT molecular complexity index is 1060. The second kappa shape index (κ2) is 7.56. The predicted molar refractivity (Wildman–Crippen MR) is 105 cm³/mol. The van der Waals surface area contributed by atoms with E-state index in [1.54, 1.807) is 0 Å². The van der Waals surface area contributed by atoms with Gasteiger partial charge < -0.3 is 9.26 Å². The number of rotatable bonds is 6. The molecule has 6 nitrogen and oxygen atoms in total. The largest absolute Gasteiger partial charge is 0.378 e. The summed E-state index contributed by atoms with van der Waals surface area (Å²) in [5.74, 6) is 2.38. The van der Waals surface area contributed by atoms with Gasteiger partial charge in [-0.1, -0.05) is 35.5 Å². The number of aryl methyl sites for hydroxylation is 2.